The molecule has 2 rings (SSSR count). The monoisotopic (exact) mass is 299 g/mol. The van der Waals surface area contributed by atoms with Crippen LogP contribution in [0.1, 0.15) is 30.8 Å². The van der Waals surface area contributed by atoms with Crippen LogP contribution < -0.4 is 0 Å². The molecule has 3 heteroatoms. The molecule has 0 unspecified atom stereocenters. The van der Waals surface area contributed by atoms with Crippen molar-refractivity contribution in [2.45, 2.75) is 34.1 Å². The summed E-state index contributed by atoms with van der Waals surface area (Å²) in [5.41, 5.74) is 6.29. The summed E-state index contributed by atoms with van der Waals surface area (Å²) in [5.74, 6) is 0.719. The molecule has 0 saturated heterocycles. The fraction of sp³-hybridized carbons (Fsp3) is 0.526. The van der Waals surface area contributed by atoms with Gasteiger partial charge in [-0.25, -0.2) is 0 Å². The number of hydrogen-bond acceptors (Lipinski definition) is 2. The molecule has 0 fully saturated rings. The van der Waals surface area contributed by atoms with E-state index in [9.17, 15) is 0 Å². The molecule has 2 aromatic rings. The van der Waals surface area contributed by atoms with Crippen LogP contribution in [-0.4, -0.2) is 34.8 Å². The first-order valence-electron chi connectivity index (χ1n) is 8.16. The Bertz CT molecular complexity index is 626. The molecular weight excluding hydrogens is 270 g/mol. The highest BCUT2D eigenvalue weighted by Crippen LogP contribution is 2.27. The highest BCUT2D eigenvalue weighted by Gasteiger charge is 2.12. The minimum absolute atomic E-state index is 0.719. The van der Waals surface area contributed by atoms with Gasteiger partial charge in [-0.1, -0.05) is 38.1 Å². The fourth-order valence-electron chi connectivity index (χ4n) is 3.11. The Kier molecular flexibility index (Phi) is 5.41. The van der Waals surface area contributed by atoms with Crippen molar-refractivity contribution in [3.05, 3.63) is 41.2 Å². The maximum absolute atomic E-state index is 4.53. The molecule has 0 N–H and O–H groups in total. The van der Waals surface area contributed by atoms with Crippen LogP contribution >= 0.6 is 0 Å². The summed E-state index contributed by atoms with van der Waals surface area (Å²) >= 11 is 0. The lowest BCUT2D eigenvalue weighted by atomic mass is 10.00. The predicted molar refractivity (Wildman–Crippen MR) is 94.2 cm³/mol. The minimum Gasteiger partial charge on any atom is -0.306 e. The Morgan fingerprint density at radius 3 is 2.55 bits per heavy atom. The fourth-order valence-corrected chi connectivity index (χ4v) is 3.11. The summed E-state index contributed by atoms with van der Waals surface area (Å²) < 4.78 is 1.97. The zero-order valence-corrected chi connectivity index (χ0v) is 14.8. The molecule has 0 bridgehead atoms. The van der Waals surface area contributed by atoms with E-state index in [1.165, 1.54) is 22.4 Å². The van der Waals surface area contributed by atoms with Crippen molar-refractivity contribution in [1.29, 1.82) is 0 Å². The molecule has 1 aromatic heterocycles. The van der Waals surface area contributed by atoms with Crippen LogP contribution in [-0.2, 0) is 13.5 Å². The summed E-state index contributed by atoms with van der Waals surface area (Å²) in [7, 11) is 4.22. The van der Waals surface area contributed by atoms with E-state index in [1.807, 2.05) is 11.7 Å². The Hall–Kier alpha value is -1.61. The minimum atomic E-state index is 0.719. The molecule has 22 heavy (non-hydrogen) atoms. The van der Waals surface area contributed by atoms with Crippen LogP contribution in [0.4, 0.5) is 0 Å². The molecule has 0 radical (unpaired) electrons. The van der Waals surface area contributed by atoms with Crippen molar-refractivity contribution in [2.24, 2.45) is 13.0 Å². The van der Waals surface area contributed by atoms with Crippen LogP contribution in [0, 0.1) is 19.8 Å². The van der Waals surface area contributed by atoms with Crippen molar-refractivity contribution in [2.75, 3.05) is 20.1 Å². The number of likely N-dealkylation sites (N-methyl/N-ethyl adjacent to an activating group) is 1. The Morgan fingerprint density at radius 1 is 1.23 bits per heavy atom. The Labute approximate surface area is 135 Å². The van der Waals surface area contributed by atoms with E-state index in [4.69, 9.17) is 0 Å². The van der Waals surface area contributed by atoms with E-state index in [0.717, 1.165) is 31.1 Å². The van der Waals surface area contributed by atoms with Crippen LogP contribution in [0.5, 0.6) is 0 Å². The number of hydrogen-bond donors (Lipinski definition) is 0. The highest BCUT2D eigenvalue weighted by molar-refractivity contribution is 5.69. The third kappa shape index (κ3) is 3.98. The zero-order valence-electron chi connectivity index (χ0n) is 14.8. The average Bonchev–Trinajstić information content (AvgIpc) is 2.69. The Morgan fingerprint density at radius 2 is 1.95 bits per heavy atom. The quantitative estimate of drug-likeness (QED) is 0.808. The normalized spacial score (nSPS) is 11.6. The largest absolute Gasteiger partial charge is 0.306 e. The first-order valence-corrected chi connectivity index (χ1v) is 8.16. The SMILES string of the molecule is Cc1nn(C)c(C)c1-c1cccc(CCN(C)CC(C)C)c1. The second-order valence-electron chi connectivity index (χ2n) is 6.78. The Balaban J connectivity index is 2.13. The van der Waals surface area contributed by atoms with Gasteiger partial charge in [-0.3, -0.25) is 4.68 Å². The van der Waals surface area contributed by atoms with Gasteiger partial charge in [0.15, 0.2) is 0 Å². The first kappa shape index (κ1) is 16.8. The number of aryl methyl sites for hydroxylation is 2. The number of benzene rings is 1. The van der Waals surface area contributed by atoms with Crippen molar-refractivity contribution in [3.8, 4) is 11.1 Å². The van der Waals surface area contributed by atoms with Crippen LogP contribution in [0.3, 0.4) is 0 Å². The molecule has 1 heterocycles. The van der Waals surface area contributed by atoms with Gasteiger partial charge in [0, 0.05) is 31.4 Å². The maximum Gasteiger partial charge on any atom is 0.0674 e. The van der Waals surface area contributed by atoms with Crippen LogP contribution in [0.15, 0.2) is 24.3 Å². The van der Waals surface area contributed by atoms with Crippen LogP contribution in [0.2, 0.25) is 0 Å². The molecule has 1 aromatic carbocycles. The summed E-state index contributed by atoms with van der Waals surface area (Å²) in [6.45, 7) is 11.0. The molecule has 120 valence electrons. The number of rotatable bonds is 6. The smallest absolute Gasteiger partial charge is 0.0674 e. The number of aromatic nitrogens is 2. The average molecular weight is 299 g/mol. The van der Waals surface area contributed by atoms with E-state index in [0.29, 0.717) is 0 Å². The van der Waals surface area contributed by atoms with E-state index >= 15 is 0 Å². The lowest BCUT2D eigenvalue weighted by Gasteiger charge is -2.19. The third-order valence-corrected chi connectivity index (χ3v) is 4.18. The van der Waals surface area contributed by atoms with Gasteiger partial charge < -0.3 is 4.90 Å². The molecule has 0 aliphatic heterocycles. The predicted octanol–water partition coefficient (Wildman–Crippen LogP) is 3.83. The summed E-state index contributed by atoms with van der Waals surface area (Å²) in [4.78, 5) is 2.41. The molecule has 0 spiro atoms. The summed E-state index contributed by atoms with van der Waals surface area (Å²) in [6, 6.07) is 8.91. The number of nitrogens with zero attached hydrogens (tertiary/aromatic N) is 3. The van der Waals surface area contributed by atoms with Gasteiger partial charge in [0.2, 0.25) is 0 Å². The molecule has 0 aliphatic rings. The second-order valence-corrected chi connectivity index (χ2v) is 6.78. The summed E-state index contributed by atoms with van der Waals surface area (Å²) in [6.07, 6.45) is 1.09. The van der Waals surface area contributed by atoms with Crippen molar-refractivity contribution >= 4 is 0 Å². The maximum atomic E-state index is 4.53. The van der Waals surface area contributed by atoms with Crippen molar-refractivity contribution in [3.63, 3.8) is 0 Å². The van der Waals surface area contributed by atoms with Crippen LogP contribution in [0.25, 0.3) is 11.1 Å². The zero-order chi connectivity index (χ0) is 16.3. The molecular formula is C19H29N3. The summed E-state index contributed by atoms with van der Waals surface area (Å²) in [5, 5.41) is 4.53. The standard InChI is InChI=1S/C19H29N3/c1-14(2)13-21(5)11-10-17-8-7-9-18(12-17)19-15(3)20-22(6)16(19)4/h7-9,12,14H,10-11,13H2,1-6H3. The van der Waals surface area contributed by atoms with E-state index in [1.54, 1.807) is 0 Å². The van der Waals surface area contributed by atoms with Gasteiger partial charge in [0.05, 0.1) is 5.69 Å². The van der Waals surface area contributed by atoms with Crippen molar-refractivity contribution in [1.82, 2.24) is 14.7 Å². The van der Waals surface area contributed by atoms with Gasteiger partial charge in [0.25, 0.3) is 0 Å². The lowest BCUT2D eigenvalue weighted by Crippen LogP contribution is -2.25. The van der Waals surface area contributed by atoms with E-state index < -0.39 is 0 Å². The van der Waals surface area contributed by atoms with Gasteiger partial charge in [-0.2, -0.15) is 5.10 Å². The third-order valence-electron chi connectivity index (χ3n) is 4.18. The van der Waals surface area contributed by atoms with Gasteiger partial charge in [0.1, 0.15) is 0 Å². The lowest BCUT2D eigenvalue weighted by molar-refractivity contribution is 0.299. The molecule has 0 aliphatic carbocycles. The highest BCUT2D eigenvalue weighted by atomic mass is 15.3. The molecule has 0 saturated carbocycles. The van der Waals surface area contributed by atoms with E-state index in [2.05, 4.69) is 69.0 Å². The topological polar surface area (TPSA) is 21.1 Å². The van der Waals surface area contributed by atoms with E-state index in [-0.39, 0.29) is 0 Å². The van der Waals surface area contributed by atoms with Crippen molar-refractivity contribution < 1.29 is 0 Å². The molecule has 3 nitrogen and oxygen atoms in total. The van der Waals surface area contributed by atoms with Gasteiger partial charge in [-0.15, -0.1) is 0 Å². The first-order chi connectivity index (χ1) is 10.4. The second kappa shape index (κ2) is 7.10. The molecule has 0 amide bonds. The van der Waals surface area contributed by atoms with Gasteiger partial charge in [-0.05, 0) is 44.4 Å². The molecule has 0 atom stereocenters. The van der Waals surface area contributed by atoms with Gasteiger partial charge >= 0.3 is 0 Å².